The highest BCUT2D eigenvalue weighted by molar-refractivity contribution is 6.15. The second-order valence-corrected chi connectivity index (χ2v) is 8.16. The monoisotopic (exact) mass is 505 g/mol. The number of hydrogen-bond acceptors (Lipinski definition) is 6. The molecule has 0 saturated carbocycles. The van der Waals surface area contributed by atoms with Crippen LogP contribution in [0.4, 0.5) is 19.1 Å². The molecule has 2 aromatic carbocycles. The van der Waals surface area contributed by atoms with Crippen LogP contribution in [-0.4, -0.2) is 38.7 Å². The molecule has 0 bridgehead atoms. The summed E-state index contributed by atoms with van der Waals surface area (Å²) in [5.74, 6) is -0.835. The number of nitrogens with one attached hydrogen (secondary N) is 2. The zero-order valence-electron chi connectivity index (χ0n) is 19.0. The van der Waals surface area contributed by atoms with Gasteiger partial charge in [0.2, 0.25) is 5.95 Å². The Hall–Kier alpha value is -4.80. The number of rotatable bonds is 7. The molecule has 0 saturated heterocycles. The summed E-state index contributed by atoms with van der Waals surface area (Å²) in [4.78, 5) is 41.3. The predicted octanol–water partition coefficient (Wildman–Crippen LogP) is 5.71. The van der Waals surface area contributed by atoms with Crippen LogP contribution in [-0.2, 0) is 0 Å². The number of halogens is 3. The molecule has 1 amide bonds. The zero-order valence-corrected chi connectivity index (χ0v) is 19.0. The van der Waals surface area contributed by atoms with E-state index in [0.717, 1.165) is 5.71 Å². The first kappa shape index (κ1) is 23.9. The number of para-hydroxylation sites is 1. The number of Topliss-reactive ketones (excluding diaryl/α,β-unsaturated/α-hetero) is 1. The summed E-state index contributed by atoms with van der Waals surface area (Å²) < 4.78 is 41.0. The molecular formula is C26H18F3N5O3. The van der Waals surface area contributed by atoms with Crippen molar-refractivity contribution in [2.45, 2.75) is 19.2 Å². The van der Waals surface area contributed by atoms with Gasteiger partial charge < -0.3 is 9.72 Å². The van der Waals surface area contributed by atoms with E-state index in [1.165, 1.54) is 36.7 Å². The number of aromatic amines is 1. The van der Waals surface area contributed by atoms with Crippen molar-refractivity contribution in [1.82, 2.24) is 15.0 Å². The van der Waals surface area contributed by atoms with Gasteiger partial charge in [0.15, 0.2) is 5.78 Å². The Morgan fingerprint density at radius 3 is 2.59 bits per heavy atom. The highest BCUT2D eigenvalue weighted by Crippen LogP contribution is 2.27. The standard InChI is InChI=1S/C26H18F3N5O3/c27-26(28,29)37-19-8-6-15(7-9-19)16-11-17(14-30-13-16)24(36)34-25-32-21-5-1-4-20(23(21)33-25)22(35)12-18-3-2-10-31-18/h1-2,4-11,13-14H,3,12H2,(H2,32,33,34,36). The largest absolute Gasteiger partial charge is 0.573 e. The average Bonchev–Trinajstić information content (AvgIpc) is 3.52. The van der Waals surface area contributed by atoms with Gasteiger partial charge in [-0.1, -0.05) is 24.3 Å². The van der Waals surface area contributed by atoms with Crippen molar-refractivity contribution in [1.29, 1.82) is 0 Å². The average molecular weight is 505 g/mol. The maximum Gasteiger partial charge on any atom is 0.573 e. The van der Waals surface area contributed by atoms with Gasteiger partial charge in [-0.05, 0) is 35.9 Å². The van der Waals surface area contributed by atoms with Crippen LogP contribution in [0.2, 0.25) is 0 Å². The minimum Gasteiger partial charge on any atom is -0.406 e. The van der Waals surface area contributed by atoms with Crippen LogP contribution in [0.15, 0.2) is 78.2 Å². The van der Waals surface area contributed by atoms with Crippen LogP contribution in [0, 0.1) is 0 Å². The van der Waals surface area contributed by atoms with Crippen LogP contribution in [0.25, 0.3) is 22.2 Å². The van der Waals surface area contributed by atoms with Gasteiger partial charge in [-0.15, -0.1) is 13.2 Å². The van der Waals surface area contributed by atoms with Crippen LogP contribution in [0.5, 0.6) is 5.75 Å². The number of ether oxygens (including phenoxy) is 1. The molecule has 186 valence electrons. The molecule has 0 unspecified atom stereocenters. The summed E-state index contributed by atoms with van der Waals surface area (Å²) in [5.41, 5.74) is 3.49. The van der Waals surface area contributed by atoms with E-state index in [4.69, 9.17) is 0 Å². The fourth-order valence-corrected chi connectivity index (χ4v) is 3.87. The summed E-state index contributed by atoms with van der Waals surface area (Å²) in [6, 6.07) is 11.9. The van der Waals surface area contributed by atoms with Gasteiger partial charge in [-0.25, -0.2) is 4.98 Å². The number of carbonyl (C=O) groups is 2. The first-order valence-electron chi connectivity index (χ1n) is 11.1. The van der Waals surface area contributed by atoms with Gasteiger partial charge in [-0.2, -0.15) is 0 Å². The topological polar surface area (TPSA) is 109 Å². The van der Waals surface area contributed by atoms with E-state index in [1.807, 2.05) is 6.08 Å². The van der Waals surface area contributed by atoms with Gasteiger partial charge >= 0.3 is 6.36 Å². The van der Waals surface area contributed by atoms with E-state index in [0.29, 0.717) is 34.1 Å². The molecule has 0 spiro atoms. The van der Waals surface area contributed by atoms with E-state index in [1.54, 1.807) is 30.5 Å². The first-order chi connectivity index (χ1) is 17.7. The van der Waals surface area contributed by atoms with E-state index in [2.05, 4.69) is 30.0 Å². The van der Waals surface area contributed by atoms with Crippen molar-refractivity contribution in [2.75, 3.05) is 5.32 Å². The van der Waals surface area contributed by atoms with Crippen molar-refractivity contribution >= 4 is 34.4 Å². The van der Waals surface area contributed by atoms with Gasteiger partial charge in [0.1, 0.15) is 11.3 Å². The van der Waals surface area contributed by atoms with Crippen LogP contribution >= 0.6 is 0 Å². The maximum atomic E-state index is 12.9. The molecule has 2 aromatic heterocycles. The van der Waals surface area contributed by atoms with Crippen molar-refractivity contribution in [2.24, 2.45) is 4.99 Å². The molecule has 0 radical (unpaired) electrons. The second-order valence-electron chi connectivity index (χ2n) is 8.16. The van der Waals surface area contributed by atoms with Crippen LogP contribution < -0.4 is 10.1 Å². The fourth-order valence-electron chi connectivity index (χ4n) is 3.87. The fraction of sp³-hybridized carbons (Fsp3) is 0.115. The lowest BCUT2D eigenvalue weighted by Gasteiger charge is -2.09. The molecule has 3 heterocycles. The molecule has 5 rings (SSSR count). The lowest BCUT2D eigenvalue weighted by atomic mass is 10.0. The van der Waals surface area contributed by atoms with Crippen molar-refractivity contribution in [3.8, 4) is 16.9 Å². The van der Waals surface area contributed by atoms with Crippen molar-refractivity contribution < 1.29 is 27.5 Å². The molecule has 1 aliphatic rings. The number of fused-ring (bicyclic) bond motifs is 1. The highest BCUT2D eigenvalue weighted by atomic mass is 19.4. The van der Waals surface area contributed by atoms with Crippen molar-refractivity contribution in [3.63, 3.8) is 0 Å². The summed E-state index contributed by atoms with van der Waals surface area (Å²) >= 11 is 0. The van der Waals surface area contributed by atoms with Gasteiger partial charge in [-0.3, -0.25) is 24.9 Å². The normalized spacial score (nSPS) is 13.0. The number of ketones is 1. The molecule has 8 nitrogen and oxygen atoms in total. The molecule has 0 fully saturated rings. The Morgan fingerprint density at radius 2 is 1.86 bits per heavy atom. The number of anilines is 1. The zero-order chi connectivity index (χ0) is 26.0. The van der Waals surface area contributed by atoms with Gasteiger partial charge in [0.25, 0.3) is 5.91 Å². The number of benzene rings is 2. The number of H-pyrrole nitrogens is 1. The Kier molecular flexibility index (Phi) is 6.26. The number of aromatic nitrogens is 3. The SMILES string of the molecule is O=C(Nc1nc2c(C(=O)CC3=NC=CC3)cccc2[nH]1)c1cncc(-c2ccc(OC(F)(F)F)cc2)c1. The smallest absolute Gasteiger partial charge is 0.406 e. The first-order valence-corrected chi connectivity index (χ1v) is 11.1. The summed E-state index contributed by atoms with van der Waals surface area (Å²) in [6.07, 6.45) is 2.44. The number of aliphatic imine (C=N–C) groups is 1. The number of imidazole rings is 1. The van der Waals surface area contributed by atoms with E-state index in [-0.39, 0.29) is 29.5 Å². The minimum atomic E-state index is -4.78. The predicted molar refractivity (Wildman–Crippen MR) is 131 cm³/mol. The van der Waals surface area contributed by atoms with Gasteiger partial charge in [0.05, 0.1) is 11.1 Å². The third kappa shape index (κ3) is 5.56. The number of nitrogens with zero attached hydrogens (tertiary/aromatic N) is 3. The Balaban J connectivity index is 1.32. The summed E-state index contributed by atoms with van der Waals surface area (Å²) in [7, 11) is 0. The molecule has 4 aromatic rings. The van der Waals surface area contributed by atoms with E-state index < -0.39 is 12.3 Å². The number of carbonyl (C=O) groups excluding carboxylic acids is 2. The molecule has 37 heavy (non-hydrogen) atoms. The summed E-state index contributed by atoms with van der Waals surface area (Å²) in [6.45, 7) is 0. The third-order valence-electron chi connectivity index (χ3n) is 5.55. The Labute approximate surface area is 207 Å². The Morgan fingerprint density at radius 1 is 1.05 bits per heavy atom. The second kappa shape index (κ2) is 9.69. The van der Waals surface area contributed by atoms with E-state index >= 15 is 0 Å². The molecule has 0 aliphatic carbocycles. The molecule has 11 heteroatoms. The maximum absolute atomic E-state index is 12.9. The van der Waals surface area contributed by atoms with Crippen molar-refractivity contribution in [3.05, 3.63) is 84.3 Å². The lowest BCUT2D eigenvalue weighted by molar-refractivity contribution is -0.274. The Bertz CT molecular complexity index is 1560. The molecule has 2 N–H and O–H groups in total. The third-order valence-corrected chi connectivity index (χ3v) is 5.55. The highest BCUT2D eigenvalue weighted by Gasteiger charge is 2.31. The quantitative estimate of drug-likeness (QED) is 0.313. The molecule has 0 atom stereocenters. The van der Waals surface area contributed by atoms with Gasteiger partial charge in [0, 0.05) is 48.3 Å². The molecule has 1 aliphatic heterocycles. The number of amides is 1. The number of alkyl halides is 3. The lowest BCUT2D eigenvalue weighted by Crippen LogP contribution is -2.16. The number of allylic oxidation sites excluding steroid dienone is 1. The van der Waals surface area contributed by atoms with E-state index in [9.17, 15) is 22.8 Å². The number of pyridine rings is 1. The van der Waals surface area contributed by atoms with Crippen LogP contribution in [0.1, 0.15) is 33.6 Å². The minimum absolute atomic E-state index is 0.124. The summed E-state index contributed by atoms with van der Waals surface area (Å²) in [5, 5.41) is 2.66. The number of hydrogen-bond donors (Lipinski definition) is 2. The molecular weight excluding hydrogens is 487 g/mol. The van der Waals surface area contributed by atoms with Crippen LogP contribution in [0.3, 0.4) is 0 Å².